The molecule has 0 bridgehead atoms. The van der Waals surface area contributed by atoms with Crippen LogP contribution < -0.4 is 5.73 Å². The number of benzene rings is 2. The van der Waals surface area contributed by atoms with E-state index in [0.717, 1.165) is 5.52 Å². The Kier molecular flexibility index (Phi) is 2.95. The number of hydrogen-bond acceptors (Lipinski definition) is 2. The Balaban J connectivity index is 2.15. The molecule has 0 aliphatic carbocycles. The maximum Gasteiger partial charge on any atom is 0.198 e. The molecule has 100 valence electrons. The van der Waals surface area contributed by atoms with E-state index in [-0.39, 0.29) is 5.56 Å². The number of nitrogen functional groups attached to an aromatic ring is 1. The van der Waals surface area contributed by atoms with Crippen molar-refractivity contribution in [3.05, 3.63) is 64.6 Å². The third-order valence-corrected chi connectivity index (χ3v) is 3.36. The van der Waals surface area contributed by atoms with E-state index in [2.05, 4.69) is 4.98 Å². The molecule has 0 aliphatic heterocycles. The predicted molar refractivity (Wildman–Crippen MR) is 77.6 cm³/mol. The predicted octanol–water partition coefficient (Wildman–Crippen LogP) is 3.77. The number of hydrogen-bond donors (Lipinski definition) is 2. The zero-order valence-electron chi connectivity index (χ0n) is 10.3. The Morgan fingerprint density at radius 1 is 1.15 bits per heavy atom. The zero-order valence-corrected chi connectivity index (χ0v) is 11.0. The zero-order chi connectivity index (χ0) is 14.3. The highest BCUT2D eigenvalue weighted by molar-refractivity contribution is 6.31. The summed E-state index contributed by atoms with van der Waals surface area (Å²) in [5.41, 5.74) is 7.03. The number of fused-ring (bicyclic) bond motifs is 1. The molecule has 1 heterocycles. The van der Waals surface area contributed by atoms with E-state index in [4.69, 9.17) is 17.3 Å². The topological polar surface area (TPSA) is 58.9 Å². The first kappa shape index (κ1) is 12.7. The minimum atomic E-state index is -0.590. The van der Waals surface area contributed by atoms with Gasteiger partial charge in [0, 0.05) is 33.4 Å². The van der Waals surface area contributed by atoms with E-state index in [1.165, 1.54) is 18.2 Å². The quantitative estimate of drug-likeness (QED) is 0.557. The Labute approximate surface area is 119 Å². The monoisotopic (exact) mass is 288 g/mol. The highest BCUT2D eigenvalue weighted by atomic mass is 35.5. The van der Waals surface area contributed by atoms with Crippen molar-refractivity contribution in [3.8, 4) is 0 Å². The van der Waals surface area contributed by atoms with Crippen LogP contribution in [0.4, 0.5) is 10.1 Å². The van der Waals surface area contributed by atoms with Crippen LogP contribution in [0.15, 0.2) is 42.6 Å². The lowest BCUT2D eigenvalue weighted by Crippen LogP contribution is -2.04. The summed E-state index contributed by atoms with van der Waals surface area (Å²) >= 11 is 5.89. The van der Waals surface area contributed by atoms with Gasteiger partial charge in [0.15, 0.2) is 5.78 Å². The van der Waals surface area contributed by atoms with E-state index in [1.807, 2.05) is 0 Å². The lowest BCUT2D eigenvalue weighted by Gasteiger charge is -2.03. The van der Waals surface area contributed by atoms with E-state index >= 15 is 0 Å². The van der Waals surface area contributed by atoms with Gasteiger partial charge >= 0.3 is 0 Å². The summed E-state index contributed by atoms with van der Waals surface area (Å²) < 4.78 is 13.8. The molecular weight excluding hydrogens is 279 g/mol. The molecule has 3 aromatic rings. The molecule has 0 fully saturated rings. The first-order chi connectivity index (χ1) is 9.56. The SMILES string of the molecule is Nc1ccc(F)c(C(=O)c2c[nH]c3cc(Cl)ccc23)c1. The number of aromatic nitrogens is 1. The number of nitrogens with two attached hydrogens (primary N) is 1. The highest BCUT2D eigenvalue weighted by Gasteiger charge is 2.18. The fraction of sp³-hybridized carbons (Fsp3) is 0. The van der Waals surface area contributed by atoms with Gasteiger partial charge in [0.05, 0.1) is 5.56 Å². The van der Waals surface area contributed by atoms with E-state index < -0.39 is 11.6 Å². The largest absolute Gasteiger partial charge is 0.399 e. The Morgan fingerprint density at radius 3 is 2.75 bits per heavy atom. The normalized spacial score (nSPS) is 10.9. The number of carbonyl (C=O) groups is 1. The fourth-order valence-electron chi connectivity index (χ4n) is 2.15. The summed E-state index contributed by atoms with van der Waals surface area (Å²) in [4.78, 5) is 15.4. The number of H-pyrrole nitrogens is 1. The molecule has 3 rings (SSSR count). The van der Waals surface area contributed by atoms with Crippen molar-refractivity contribution in [1.29, 1.82) is 0 Å². The third kappa shape index (κ3) is 2.04. The second-order valence-electron chi connectivity index (χ2n) is 4.46. The number of nitrogens with one attached hydrogen (secondary N) is 1. The molecule has 3 N–H and O–H groups in total. The summed E-state index contributed by atoms with van der Waals surface area (Å²) in [5, 5.41) is 1.26. The molecule has 0 saturated carbocycles. The molecule has 20 heavy (non-hydrogen) atoms. The van der Waals surface area contributed by atoms with Gasteiger partial charge in [-0.25, -0.2) is 4.39 Å². The molecule has 2 aromatic carbocycles. The van der Waals surface area contributed by atoms with E-state index in [1.54, 1.807) is 24.4 Å². The lowest BCUT2D eigenvalue weighted by molar-refractivity contribution is 0.103. The molecule has 0 radical (unpaired) electrons. The van der Waals surface area contributed by atoms with Crippen molar-refractivity contribution in [2.75, 3.05) is 5.73 Å². The van der Waals surface area contributed by atoms with Crippen LogP contribution in [0.1, 0.15) is 15.9 Å². The minimum absolute atomic E-state index is 0.0409. The average molecular weight is 289 g/mol. The summed E-state index contributed by atoms with van der Waals surface area (Å²) in [6.45, 7) is 0. The molecule has 5 heteroatoms. The van der Waals surface area contributed by atoms with Gasteiger partial charge in [-0.15, -0.1) is 0 Å². The second kappa shape index (κ2) is 4.65. The van der Waals surface area contributed by atoms with Gasteiger partial charge in [-0.1, -0.05) is 17.7 Å². The number of halogens is 2. The van der Waals surface area contributed by atoms with Gasteiger partial charge in [0.1, 0.15) is 5.82 Å². The number of rotatable bonds is 2. The second-order valence-corrected chi connectivity index (χ2v) is 4.90. The first-order valence-electron chi connectivity index (χ1n) is 5.92. The fourth-order valence-corrected chi connectivity index (χ4v) is 2.32. The maximum atomic E-state index is 13.8. The highest BCUT2D eigenvalue weighted by Crippen LogP contribution is 2.25. The summed E-state index contributed by atoms with van der Waals surface area (Å²) in [6.07, 6.45) is 1.55. The average Bonchev–Trinajstić information content (AvgIpc) is 2.83. The van der Waals surface area contributed by atoms with Crippen LogP contribution >= 0.6 is 11.6 Å². The lowest BCUT2D eigenvalue weighted by atomic mass is 10.0. The van der Waals surface area contributed by atoms with Crippen LogP contribution in [0.25, 0.3) is 10.9 Å². The summed E-state index contributed by atoms with van der Waals surface area (Å²) in [6, 6.07) is 9.07. The van der Waals surface area contributed by atoms with Gasteiger partial charge in [-0.3, -0.25) is 4.79 Å². The van der Waals surface area contributed by atoms with Crippen molar-refractivity contribution in [3.63, 3.8) is 0 Å². The van der Waals surface area contributed by atoms with Crippen molar-refractivity contribution >= 4 is 34.0 Å². The molecule has 0 atom stereocenters. The number of aromatic amines is 1. The molecule has 0 aliphatic rings. The summed E-state index contributed by atoms with van der Waals surface area (Å²) in [5.74, 6) is -1.00. The number of ketones is 1. The van der Waals surface area contributed by atoms with Gasteiger partial charge in [0.25, 0.3) is 0 Å². The van der Waals surface area contributed by atoms with Gasteiger partial charge in [0.2, 0.25) is 0 Å². The van der Waals surface area contributed by atoms with Crippen LogP contribution in [-0.2, 0) is 0 Å². The Bertz CT molecular complexity index is 826. The molecule has 0 saturated heterocycles. The first-order valence-corrected chi connectivity index (χ1v) is 6.30. The van der Waals surface area contributed by atoms with Crippen LogP contribution in [-0.4, -0.2) is 10.8 Å². The smallest absolute Gasteiger partial charge is 0.198 e. The molecule has 0 amide bonds. The van der Waals surface area contributed by atoms with Crippen LogP contribution in [0.2, 0.25) is 5.02 Å². The molecule has 0 unspecified atom stereocenters. The minimum Gasteiger partial charge on any atom is -0.399 e. The van der Waals surface area contributed by atoms with Crippen molar-refractivity contribution < 1.29 is 9.18 Å². The number of anilines is 1. The van der Waals surface area contributed by atoms with Gasteiger partial charge in [-0.05, 0) is 30.3 Å². The third-order valence-electron chi connectivity index (χ3n) is 3.12. The van der Waals surface area contributed by atoms with Gasteiger partial charge in [-0.2, -0.15) is 0 Å². The molecule has 1 aromatic heterocycles. The van der Waals surface area contributed by atoms with Crippen molar-refractivity contribution in [2.24, 2.45) is 0 Å². The van der Waals surface area contributed by atoms with Crippen LogP contribution in [0.5, 0.6) is 0 Å². The van der Waals surface area contributed by atoms with Crippen molar-refractivity contribution in [2.45, 2.75) is 0 Å². The van der Waals surface area contributed by atoms with E-state index in [0.29, 0.717) is 21.7 Å². The summed E-state index contributed by atoms with van der Waals surface area (Å²) in [7, 11) is 0. The standard InChI is InChI=1S/C15H10ClFN2O/c16-8-1-3-10-12(7-19-14(10)5-8)15(20)11-6-9(18)2-4-13(11)17/h1-7,19H,18H2. The van der Waals surface area contributed by atoms with E-state index in [9.17, 15) is 9.18 Å². The van der Waals surface area contributed by atoms with Crippen LogP contribution in [0.3, 0.4) is 0 Å². The van der Waals surface area contributed by atoms with Gasteiger partial charge < -0.3 is 10.7 Å². The Morgan fingerprint density at radius 2 is 1.95 bits per heavy atom. The number of carbonyl (C=O) groups excluding carboxylic acids is 1. The molecule has 0 spiro atoms. The molecule has 3 nitrogen and oxygen atoms in total. The van der Waals surface area contributed by atoms with Crippen LogP contribution in [0, 0.1) is 5.82 Å². The maximum absolute atomic E-state index is 13.8. The van der Waals surface area contributed by atoms with Crippen molar-refractivity contribution in [1.82, 2.24) is 4.98 Å². The molecular formula is C15H10ClFN2O. The Hall–Kier alpha value is -2.33.